The average Bonchev–Trinajstić information content (AvgIpc) is 2.13. The number of hydrogen-bond donors (Lipinski definition) is 1. The van der Waals surface area contributed by atoms with Gasteiger partial charge >= 0.3 is 12.4 Å². The summed E-state index contributed by atoms with van der Waals surface area (Å²) < 4.78 is 75.0. The van der Waals surface area contributed by atoms with Crippen molar-refractivity contribution < 1.29 is 26.3 Å². The summed E-state index contributed by atoms with van der Waals surface area (Å²) in [6.45, 7) is 1.94. The van der Waals surface area contributed by atoms with Gasteiger partial charge in [-0.05, 0) is 24.7 Å². The first-order valence-corrected chi connectivity index (χ1v) is 5.92. The van der Waals surface area contributed by atoms with Gasteiger partial charge in [-0.1, -0.05) is 19.8 Å². The predicted octanol–water partition coefficient (Wildman–Crippen LogP) is 3.88. The highest BCUT2D eigenvalue weighted by Crippen LogP contribution is 2.44. The second-order valence-corrected chi connectivity index (χ2v) is 5.16. The maximum Gasteiger partial charge on any atom is 0.402 e. The summed E-state index contributed by atoms with van der Waals surface area (Å²) in [6, 6.07) is -1.89. The summed E-state index contributed by atoms with van der Waals surface area (Å²) in [4.78, 5) is 0. The minimum absolute atomic E-state index is 0.338. The molecule has 108 valence electrons. The van der Waals surface area contributed by atoms with Crippen LogP contribution in [-0.4, -0.2) is 18.4 Å². The van der Waals surface area contributed by atoms with Crippen LogP contribution in [0.3, 0.4) is 0 Å². The van der Waals surface area contributed by atoms with Crippen LogP contribution in [0.1, 0.15) is 32.6 Å². The van der Waals surface area contributed by atoms with Crippen molar-refractivity contribution in [1.29, 1.82) is 0 Å². The molecule has 0 aliphatic heterocycles. The van der Waals surface area contributed by atoms with Gasteiger partial charge in [0.15, 0.2) is 5.92 Å². The Hall–Kier alpha value is -0.460. The maximum absolute atomic E-state index is 12.5. The molecule has 0 aromatic carbocycles. The molecule has 0 bridgehead atoms. The van der Waals surface area contributed by atoms with Gasteiger partial charge in [-0.15, -0.1) is 0 Å². The highest BCUT2D eigenvalue weighted by atomic mass is 19.4. The van der Waals surface area contributed by atoms with E-state index in [-0.39, 0.29) is 0 Å². The monoisotopic (exact) mass is 277 g/mol. The molecule has 1 fully saturated rings. The van der Waals surface area contributed by atoms with Gasteiger partial charge in [-0.2, -0.15) is 26.3 Å². The zero-order valence-electron chi connectivity index (χ0n) is 9.98. The topological polar surface area (TPSA) is 26.0 Å². The van der Waals surface area contributed by atoms with E-state index < -0.39 is 30.2 Å². The molecule has 0 radical (unpaired) electrons. The minimum atomic E-state index is -5.33. The third-order valence-corrected chi connectivity index (χ3v) is 3.70. The highest BCUT2D eigenvalue weighted by Gasteiger charge is 2.60. The first-order chi connectivity index (χ1) is 8.03. The fraction of sp³-hybridized carbons (Fsp3) is 1.00. The molecule has 1 saturated carbocycles. The molecule has 0 aromatic heterocycles. The van der Waals surface area contributed by atoms with Crippen molar-refractivity contribution in [2.75, 3.05) is 0 Å². The molecule has 0 aromatic rings. The Labute approximate surface area is 102 Å². The van der Waals surface area contributed by atoms with Crippen LogP contribution in [-0.2, 0) is 0 Å². The van der Waals surface area contributed by atoms with Gasteiger partial charge < -0.3 is 5.73 Å². The van der Waals surface area contributed by atoms with Gasteiger partial charge in [0, 0.05) is 6.04 Å². The summed E-state index contributed by atoms with van der Waals surface area (Å²) in [6.07, 6.45) is -8.71. The Morgan fingerprint density at radius 2 is 1.28 bits per heavy atom. The Bertz CT molecular complexity index is 250. The van der Waals surface area contributed by atoms with E-state index in [0.717, 1.165) is 0 Å². The summed E-state index contributed by atoms with van der Waals surface area (Å²) in [5.74, 6) is -3.76. The van der Waals surface area contributed by atoms with Crippen LogP contribution in [0.2, 0.25) is 0 Å². The standard InChI is InChI=1S/C11H17F6N/c1-6-2-4-7(5-3-6)8(18)9(10(12,13)14)11(15,16)17/h6-9H,2-5,18H2,1H3. The van der Waals surface area contributed by atoms with Crippen molar-refractivity contribution in [1.82, 2.24) is 0 Å². The van der Waals surface area contributed by atoms with E-state index in [1.54, 1.807) is 0 Å². The second kappa shape index (κ2) is 5.27. The molecule has 0 saturated heterocycles. The fourth-order valence-corrected chi connectivity index (χ4v) is 2.56. The third-order valence-electron chi connectivity index (χ3n) is 3.70. The van der Waals surface area contributed by atoms with Crippen LogP contribution < -0.4 is 5.73 Å². The first kappa shape index (κ1) is 15.6. The lowest BCUT2D eigenvalue weighted by atomic mass is 9.75. The third kappa shape index (κ3) is 3.76. The van der Waals surface area contributed by atoms with E-state index in [9.17, 15) is 26.3 Å². The van der Waals surface area contributed by atoms with Gasteiger partial charge in [0.2, 0.25) is 0 Å². The lowest BCUT2D eigenvalue weighted by molar-refractivity contribution is -0.293. The molecular weight excluding hydrogens is 260 g/mol. The van der Waals surface area contributed by atoms with E-state index in [1.165, 1.54) is 0 Å². The summed E-state index contributed by atoms with van der Waals surface area (Å²) >= 11 is 0. The number of rotatable bonds is 2. The molecule has 18 heavy (non-hydrogen) atoms. The molecule has 1 atom stereocenters. The van der Waals surface area contributed by atoms with Crippen LogP contribution in [0.25, 0.3) is 0 Å². The SMILES string of the molecule is CC1CCC(C(N)C(C(F)(F)F)C(F)(F)F)CC1. The molecule has 1 aliphatic rings. The van der Waals surface area contributed by atoms with Gasteiger partial charge in [0.1, 0.15) is 0 Å². The normalized spacial score (nSPS) is 28.5. The Kier molecular flexibility index (Phi) is 4.56. The lowest BCUT2D eigenvalue weighted by Gasteiger charge is -2.36. The van der Waals surface area contributed by atoms with Gasteiger partial charge in [0.25, 0.3) is 0 Å². The number of nitrogens with two attached hydrogens (primary N) is 1. The van der Waals surface area contributed by atoms with Gasteiger partial charge in [-0.25, -0.2) is 0 Å². The summed E-state index contributed by atoms with van der Waals surface area (Å²) in [5, 5.41) is 0. The molecule has 2 N–H and O–H groups in total. The molecule has 0 spiro atoms. The number of hydrogen-bond acceptors (Lipinski definition) is 1. The molecule has 0 heterocycles. The minimum Gasteiger partial charge on any atom is -0.327 e. The van der Waals surface area contributed by atoms with E-state index in [2.05, 4.69) is 0 Å². The van der Waals surface area contributed by atoms with Crippen molar-refractivity contribution in [3.05, 3.63) is 0 Å². The van der Waals surface area contributed by atoms with E-state index in [1.807, 2.05) is 6.92 Å². The number of halogens is 6. The molecule has 1 rings (SSSR count). The van der Waals surface area contributed by atoms with Crippen molar-refractivity contribution >= 4 is 0 Å². The Morgan fingerprint density at radius 3 is 1.61 bits per heavy atom. The first-order valence-electron chi connectivity index (χ1n) is 5.92. The van der Waals surface area contributed by atoms with Crippen molar-refractivity contribution in [2.24, 2.45) is 23.5 Å². The van der Waals surface area contributed by atoms with Gasteiger partial charge in [0.05, 0.1) is 0 Å². The van der Waals surface area contributed by atoms with E-state index in [0.29, 0.717) is 31.6 Å². The molecule has 1 aliphatic carbocycles. The van der Waals surface area contributed by atoms with Crippen LogP contribution >= 0.6 is 0 Å². The molecule has 1 unspecified atom stereocenters. The van der Waals surface area contributed by atoms with Crippen LogP contribution in [0, 0.1) is 17.8 Å². The van der Waals surface area contributed by atoms with Crippen LogP contribution in [0.15, 0.2) is 0 Å². The van der Waals surface area contributed by atoms with Crippen LogP contribution in [0.5, 0.6) is 0 Å². The molecule has 7 heteroatoms. The average molecular weight is 277 g/mol. The Balaban J connectivity index is 2.80. The smallest absolute Gasteiger partial charge is 0.327 e. The second-order valence-electron chi connectivity index (χ2n) is 5.16. The largest absolute Gasteiger partial charge is 0.402 e. The zero-order valence-corrected chi connectivity index (χ0v) is 9.98. The quantitative estimate of drug-likeness (QED) is 0.762. The summed E-state index contributed by atoms with van der Waals surface area (Å²) in [5.41, 5.74) is 5.27. The van der Waals surface area contributed by atoms with Crippen LogP contribution in [0.4, 0.5) is 26.3 Å². The Morgan fingerprint density at radius 1 is 0.889 bits per heavy atom. The zero-order chi connectivity index (χ0) is 14.1. The lowest BCUT2D eigenvalue weighted by Crippen LogP contribution is -2.52. The van der Waals surface area contributed by atoms with Crippen molar-refractivity contribution in [3.8, 4) is 0 Å². The predicted molar refractivity (Wildman–Crippen MR) is 54.7 cm³/mol. The van der Waals surface area contributed by atoms with Crippen molar-refractivity contribution in [3.63, 3.8) is 0 Å². The van der Waals surface area contributed by atoms with E-state index >= 15 is 0 Å². The van der Waals surface area contributed by atoms with Crippen molar-refractivity contribution in [2.45, 2.75) is 51.0 Å². The highest BCUT2D eigenvalue weighted by molar-refractivity contribution is 4.90. The molecule has 1 nitrogen and oxygen atoms in total. The number of alkyl halides is 6. The fourth-order valence-electron chi connectivity index (χ4n) is 2.56. The van der Waals surface area contributed by atoms with Gasteiger partial charge in [-0.3, -0.25) is 0 Å². The maximum atomic E-state index is 12.5. The molecular formula is C11H17F6N. The van der Waals surface area contributed by atoms with E-state index in [4.69, 9.17) is 5.73 Å². The summed E-state index contributed by atoms with van der Waals surface area (Å²) in [7, 11) is 0. The molecule has 0 amide bonds.